The first kappa shape index (κ1) is 12.9. The van der Waals surface area contributed by atoms with Crippen molar-refractivity contribution >= 4 is 11.8 Å². The maximum atomic E-state index is 12.9. The molecule has 1 aromatic carbocycles. The fraction of sp³-hybridized carbons (Fsp3) is 0.571. The Balaban J connectivity index is 2.01. The van der Waals surface area contributed by atoms with Gasteiger partial charge >= 0.3 is 0 Å². The lowest BCUT2D eigenvalue weighted by atomic mass is 10.1. The second kappa shape index (κ2) is 6.41. The van der Waals surface area contributed by atoms with Gasteiger partial charge in [-0.2, -0.15) is 0 Å². The second-order valence-corrected chi connectivity index (χ2v) is 5.96. The van der Waals surface area contributed by atoms with Crippen molar-refractivity contribution in [2.75, 3.05) is 7.05 Å². The fourth-order valence-corrected chi connectivity index (χ4v) is 3.80. The largest absolute Gasteiger partial charge is 0.316 e. The molecule has 0 amide bonds. The highest BCUT2D eigenvalue weighted by Crippen LogP contribution is 2.33. The Bertz CT molecular complexity index is 339. The molecule has 0 aliphatic heterocycles. The van der Waals surface area contributed by atoms with Gasteiger partial charge in [-0.05, 0) is 44.2 Å². The van der Waals surface area contributed by atoms with Crippen molar-refractivity contribution in [2.24, 2.45) is 0 Å². The average Bonchev–Trinajstić information content (AvgIpc) is 2.57. The van der Waals surface area contributed by atoms with Crippen molar-refractivity contribution in [1.82, 2.24) is 5.32 Å². The SMILES string of the molecule is CNC1CCCCCC1Sc1ccc(F)cc1. The van der Waals surface area contributed by atoms with Crippen LogP contribution in [0.25, 0.3) is 0 Å². The topological polar surface area (TPSA) is 12.0 Å². The van der Waals surface area contributed by atoms with Crippen LogP contribution in [0.15, 0.2) is 29.2 Å². The monoisotopic (exact) mass is 253 g/mol. The van der Waals surface area contributed by atoms with Crippen LogP contribution in [0.5, 0.6) is 0 Å². The van der Waals surface area contributed by atoms with E-state index in [1.54, 1.807) is 12.1 Å². The quantitative estimate of drug-likeness (QED) is 0.821. The molecule has 17 heavy (non-hydrogen) atoms. The number of hydrogen-bond acceptors (Lipinski definition) is 2. The van der Waals surface area contributed by atoms with Gasteiger partial charge in [0, 0.05) is 16.2 Å². The predicted molar refractivity (Wildman–Crippen MR) is 72.0 cm³/mol. The van der Waals surface area contributed by atoms with Crippen LogP contribution in [-0.4, -0.2) is 18.3 Å². The lowest BCUT2D eigenvalue weighted by molar-refractivity contribution is 0.510. The number of hydrogen-bond donors (Lipinski definition) is 1. The van der Waals surface area contributed by atoms with E-state index in [-0.39, 0.29) is 5.82 Å². The zero-order valence-electron chi connectivity index (χ0n) is 10.3. The summed E-state index contributed by atoms with van der Waals surface area (Å²) in [6, 6.07) is 7.46. The van der Waals surface area contributed by atoms with E-state index in [4.69, 9.17) is 0 Å². The first-order valence-corrected chi connectivity index (χ1v) is 7.27. The summed E-state index contributed by atoms with van der Waals surface area (Å²) in [7, 11) is 2.05. The lowest BCUT2D eigenvalue weighted by Crippen LogP contribution is -2.34. The summed E-state index contributed by atoms with van der Waals surface area (Å²) in [6.07, 6.45) is 6.50. The van der Waals surface area contributed by atoms with E-state index in [1.807, 2.05) is 30.9 Å². The van der Waals surface area contributed by atoms with Gasteiger partial charge in [0.25, 0.3) is 0 Å². The van der Waals surface area contributed by atoms with Crippen LogP contribution in [0.1, 0.15) is 32.1 Å². The summed E-state index contributed by atoms with van der Waals surface area (Å²) < 4.78 is 12.9. The molecule has 2 atom stereocenters. The van der Waals surface area contributed by atoms with Gasteiger partial charge in [-0.25, -0.2) is 4.39 Å². The van der Waals surface area contributed by atoms with E-state index in [1.165, 1.54) is 37.0 Å². The van der Waals surface area contributed by atoms with Gasteiger partial charge in [0.15, 0.2) is 0 Å². The summed E-state index contributed by atoms with van der Waals surface area (Å²) in [6.45, 7) is 0. The Morgan fingerprint density at radius 1 is 1.12 bits per heavy atom. The molecular weight excluding hydrogens is 233 g/mol. The summed E-state index contributed by atoms with van der Waals surface area (Å²) in [5, 5.41) is 4.05. The molecule has 0 radical (unpaired) electrons. The molecule has 1 aliphatic carbocycles. The third-order valence-corrected chi connectivity index (χ3v) is 4.84. The Kier molecular flexibility index (Phi) is 4.86. The third kappa shape index (κ3) is 3.71. The lowest BCUT2D eigenvalue weighted by Gasteiger charge is -2.24. The van der Waals surface area contributed by atoms with E-state index in [9.17, 15) is 4.39 Å². The third-order valence-electron chi connectivity index (χ3n) is 3.42. The Morgan fingerprint density at radius 2 is 1.82 bits per heavy atom. The highest BCUT2D eigenvalue weighted by molar-refractivity contribution is 8.00. The fourth-order valence-electron chi connectivity index (χ4n) is 2.43. The first-order chi connectivity index (χ1) is 8.29. The zero-order chi connectivity index (χ0) is 12.1. The normalized spacial score (nSPS) is 25.5. The molecule has 0 saturated heterocycles. The highest BCUT2D eigenvalue weighted by Gasteiger charge is 2.23. The van der Waals surface area contributed by atoms with Crippen molar-refractivity contribution in [3.05, 3.63) is 30.1 Å². The minimum atomic E-state index is -0.152. The molecule has 2 rings (SSSR count). The maximum absolute atomic E-state index is 12.9. The molecular formula is C14H20FNS. The molecule has 1 nitrogen and oxygen atoms in total. The number of halogens is 1. The molecule has 0 heterocycles. The van der Waals surface area contributed by atoms with Gasteiger partial charge < -0.3 is 5.32 Å². The first-order valence-electron chi connectivity index (χ1n) is 6.39. The molecule has 1 aromatic rings. The minimum Gasteiger partial charge on any atom is -0.316 e. The van der Waals surface area contributed by atoms with Crippen molar-refractivity contribution < 1.29 is 4.39 Å². The van der Waals surface area contributed by atoms with Crippen molar-refractivity contribution in [3.8, 4) is 0 Å². The van der Waals surface area contributed by atoms with Crippen molar-refractivity contribution in [1.29, 1.82) is 0 Å². The molecule has 0 spiro atoms. The van der Waals surface area contributed by atoms with E-state index < -0.39 is 0 Å². The van der Waals surface area contributed by atoms with E-state index in [0.29, 0.717) is 11.3 Å². The molecule has 1 saturated carbocycles. The Labute approximate surface area is 107 Å². The van der Waals surface area contributed by atoms with Gasteiger partial charge in [-0.3, -0.25) is 0 Å². The standard InChI is InChI=1S/C14H20FNS/c1-16-13-5-3-2-4-6-14(13)17-12-9-7-11(15)8-10-12/h7-10,13-14,16H,2-6H2,1H3. The Hall–Kier alpha value is -0.540. The van der Waals surface area contributed by atoms with Crippen LogP contribution in [0.4, 0.5) is 4.39 Å². The molecule has 3 heteroatoms. The molecule has 2 unspecified atom stereocenters. The Morgan fingerprint density at radius 3 is 2.53 bits per heavy atom. The highest BCUT2D eigenvalue weighted by atomic mass is 32.2. The summed E-state index contributed by atoms with van der Waals surface area (Å²) in [5.74, 6) is -0.152. The summed E-state index contributed by atoms with van der Waals surface area (Å²) >= 11 is 1.89. The van der Waals surface area contributed by atoms with Crippen LogP contribution in [-0.2, 0) is 0 Å². The maximum Gasteiger partial charge on any atom is 0.123 e. The van der Waals surface area contributed by atoms with E-state index in [0.717, 1.165) is 0 Å². The van der Waals surface area contributed by atoms with Gasteiger partial charge in [-0.15, -0.1) is 11.8 Å². The van der Waals surface area contributed by atoms with Crippen LogP contribution in [0.2, 0.25) is 0 Å². The molecule has 0 aromatic heterocycles. The number of thioether (sulfide) groups is 1. The molecule has 0 bridgehead atoms. The molecule has 1 aliphatic rings. The van der Waals surface area contributed by atoms with E-state index in [2.05, 4.69) is 5.32 Å². The zero-order valence-corrected chi connectivity index (χ0v) is 11.1. The smallest absolute Gasteiger partial charge is 0.123 e. The van der Waals surface area contributed by atoms with Gasteiger partial charge in [0.2, 0.25) is 0 Å². The average molecular weight is 253 g/mol. The van der Waals surface area contributed by atoms with Crippen LogP contribution >= 0.6 is 11.8 Å². The van der Waals surface area contributed by atoms with Gasteiger partial charge in [0.1, 0.15) is 5.82 Å². The predicted octanol–water partition coefficient (Wildman–Crippen LogP) is 3.84. The van der Waals surface area contributed by atoms with Gasteiger partial charge in [0.05, 0.1) is 0 Å². The van der Waals surface area contributed by atoms with Crippen LogP contribution in [0, 0.1) is 5.82 Å². The molecule has 1 fully saturated rings. The van der Waals surface area contributed by atoms with Crippen molar-refractivity contribution in [2.45, 2.75) is 48.3 Å². The summed E-state index contributed by atoms with van der Waals surface area (Å²) in [5.41, 5.74) is 0. The number of benzene rings is 1. The van der Waals surface area contributed by atoms with Crippen molar-refractivity contribution in [3.63, 3.8) is 0 Å². The van der Waals surface area contributed by atoms with Gasteiger partial charge in [-0.1, -0.05) is 19.3 Å². The molecule has 94 valence electrons. The molecule has 1 N–H and O–H groups in total. The minimum absolute atomic E-state index is 0.152. The second-order valence-electron chi connectivity index (χ2n) is 4.64. The van der Waals surface area contributed by atoms with Crippen LogP contribution in [0.3, 0.4) is 0 Å². The summed E-state index contributed by atoms with van der Waals surface area (Å²) in [4.78, 5) is 1.18. The van der Waals surface area contributed by atoms with E-state index >= 15 is 0 Å². The number of rotatable bonds is 3. The van der Waals surface area contributed by atoms with Crippen LogP contribution < -0.4 is 5.32 Å². The number of nitrogens with one attached hydrogen (secondary N) is 1.